The summed E-state index contributed by atoms with van der Waals surface area (Å²) < 4.78 is 0. The number of halogens is 1. The maximum absolute atomic E-state index is 12.4. The van der Waals surface area contributed by atoms with Gasteiger partial charge in [0.1, 0.15) is 6.04 Å². The van der Waals surface area contributed by atoms with Crippen molar-refractivity contribution in [2.24, 2.45) is 11.7 Å². The molecule has 2 aromatic rings. The number of benzene rings is 2. The molecule has 0 aliphatic heterocycles. The van der Waals surface area contributed by atoms with E-state index < -0.39 is 11.9 Å². The fourth-order valence-electron chi connectivity index (χ4n) is 2.91. The number of nitrogens with one attached hydrogen (secondary N) is 1. The molecule has 1 saturated carbocycles. The first-order valence-electron chi connectivity index (χ1n) is 7.93. The molecule has 3 atom stereocenters. The van der Waals surface area contributed by atoms with E-state index in [9.17, 15) is 9.59 Å². The number of rotatable bonds is 6. The Kier molecular flexibility index (Phi) is 4.86. The van der Waals surface area contributed by atoms with E-state index in [4.69, 9.17) is 17.3 Å². The highest BCUT2D eigenvalue weighted by molar-refractivity contribution is 6.30. The summed E-state index contributed by atoms with van der Waals surface area (Å²) in [6, 6.07) is 16.4. The zero-order valence-electron chi connectivity index (χ0n) is 13.1. The molecule has 24 heavy (non-hydrogen) atoms. The molecule has 0 radical (unpaired) electrons. The first kappa shape index (κ1) is 16.5. The zero-order chi connectivity index (χ0) is 17.1. The lowest BCUT2D eigenvalue weighted by molar-refractivity contribution is -0.128. The quantitative estimate of drug-likeness (QED) is 0.847. The van der Waals surface area contributed by atoms with E-state index in [-0.39, 0.29) is 17.7 Å². The van der Waals surface area contributed by atoms with Crippen LogP contribution in [0.5, 0.6) is 0 Å². The average Bonchev–Trinajstić information content (AvgIpc) is 3.36. The van der Waals surface area contributed by atoms with Crippen LogP contribution >= 0.6 is 11.6 Å². The highest BCUT2D eigenvalue weighted by Gasteiger charge is 2.44. The minimum Gasteiger partial charge on any atom is -0.368 e. The summed E-state index contributed by atoms with van der Waals surface area (Å²) in [5, 5.41) is 3.48. The maximum atomic E-state index is 12.4. The van der Waals surface area contributed by atoms with Crippen LogP contribution in [0.3, 0.4) is 0 Å². The van der Waals surface area contributed by atoms with E-state index in [1.165, 1.54) is 0 Å². The van der Waals surface area contributed by atoms with Crippen molar-refractivity contribution in [3.05, 3.63) is 70.7 Å². The summed E-state index contributed by atoms with van der Waals surface area (Å²) >= 11 is 5.89. The molecule has 1 aliphatic carbocycles. The van der Waals surface area contributed by atoms with E-state index >= 15 is 0 Å². The number of hydrogen-bond donors (Lipinski definition) is 2. The lowest BCUT2D eigenvalue weighted by atomic mass is 10.0. The van der Waals surface area contributed by atoms with Crippen LogP contribution in [-0.4, -0.2) is 17.9 Å². The normalized spacial score (nSPS) is 20.2. The lowest BCUT2D eigenvalue weighted by Gasteiger charge is -2.15. The zero-order valence-corrected chi connectivity index (χ0v) is 13.9. The second-order valence-electron chi connectivity index (χ2n) is 6.15. The average molecular weight is 343 g/mol. The Hall–Kier alpha value is -2.33. The summed E-state index contributed by atoms with van der Waals surface area (Å²) in [5.41, 5.74) is 7.51. The van der Waals surface area contributed by atoms with Crippen LogP contribution in [0.2, 0.25) is 5.02 Å². The van der Waals surface area contributed by atoms with Crippen molar-refractivity contribution in [1.29, 1.82) is 0 Å². The van der Waals surface area contributed by atoms with Crippen molar-refractivity contribution >= 4 is 23.4 Å². The number of nitrogens with two attached hydrogens (primary N) is 1. The Labute approximate surface area is 146 Å². The highest BCUT2D eigenvalue weighted by atomic mass is 35.5. The van der Waals surface area contributed by atoms with Gasteiger partial charge in [0.2, 0.25) is 11.8 Å². The molecule has 0 aromatic heterocycles. The van der Waals surface area contributed by atoms with Crippen LogP contribution in [0.4, 0.5) is 0 Å². The maximum Gasteiger partial charge on any atom is 0.240 e. The molecule has 1 aliphatic rings. The predicted molar refractivity (Wildman–Crippen MR) is 93.6 cm³/mol. The molecule has 3 N–H and O–H groups in total. The van der Waals surface area contributed by atoms with Gasteiger partial charge in [0.05, 0.1) is 0 Å². The molecular formula is C19H19ClN2O2. The Morgan fingerprint density at radius 3 is 2.42 bits per heavy atom. The van der Waals surface area contributed by atoms with Crippen LogP contribution in [0.15, 0.2) is 54.6 Å². The van der Waals surface area contributed by atoms with Gasteiger partial charge in [0, 0.05) is 17.4 Å². The Morgan fingerprint density at radius 1 is 1.12 bits per heavy atom. The minimum atomic E-state index is -0.689. The summed E-state index contributed by atoms with van der Waals surface area (Å²) in [7, 11) is 0. The van der Waals surface area contributed by atoms with Gasteiger partial charge in [-0.3, -0.25) is 9.59 Å². The first-order valence-corrected chi connectivity index (χ1v) is 8.31. The molecule has 0 heterocycles. The van der Waals surface area contributed by atoms with Crippen molar-refractivity contribution in [3.63, 3.8) is 0 Å². The molecule has 0 saturated heterocycles. The van der Waals surface area contributed by atoms with Gasteiger partial charge < -0.3 is 11.1 Å². The second-order valence-corrected chi connectivity index (χ2v) is 6.59. The van der Waals surface area contributed by atoms with E-state index in [2.05, 4.69) is 5.32 Å². The lowest BCUT2D eigenvalue weighted by Crippen LogP contribution is -2.46. The fraction of sp³-hybridized carbons (Fsp3) is 0.263. The predicted octanol–water partition coefficient (Wildman–Crippen LogP) is 2.66. The number of amides is 2. The smallest absolute Gasteiger partial charge is 0.240 e. The monoisotopic (exact) mass is 342 g/mol. The molecule has 5 heteroatoms. The fourth-order valence-corrected chi connectivity index (χ4v) is 3.04. The Bertz CT molecular complexity index is 731. The molecule has 1 fully saturated rings. The van der Waals surface area contributed by atoms with Crippen molar-refractivity contribution in [3.8, 4) is 0 Å². The van der Waals surface area contributed by atoms with Crippen molar-refractivity contribution < 1.29 is 9.59 Å². The standard InChI is InChI=1S/C19H19ClN2O2/c20-14-8-6-13(7-9-14)15-11-16(15)19(24)22-17(18(21)23)10-12-4-2-1-3-5-12/h1-9,15-17H,10-11H2,(H2,21,23)(H,22,24)/t15-,16+,17+/m1/s1. The SMILES string of the molecule is NC(=O)[C@H](Cc1ccccc1)NC(=O)[C@H]1C[C@@H]1c1ccc(Cl)cc1. The Morgan fingerprint density at radius 2 is 1.79 bits per heavy atom. The molecule has 2 amide bonds. The summed E-state index contributed by atoms with van der Waals surface area (Å²) in [5.74, 6) is -0.554. The number of carbonyl (C=O) groups excluding carboxylic acids is 2. The van der Waals surface area contributed by atoms with E-state index in [1.54, 1.807) is 0 Å². The van der Waals surface area contributed by atoms with E-state index in [1.807, 2.05) is 54.6 Å². The van der Waals surface area contributed by atoms with Gasteiger partial charge in [-0.1, -0.05) is 54.1 Å². The van der Waals surface area contributed by atoms with Crippen LogP contribution < -0.4 is 11.1 Å². The van der Waals surface area contributed by atoms with E-state index in [0.717, 1.165) is 17.5 Å². The second kappa shape index (κ2) is 7.05. The van der Waals surface area contributed by atoms with Gasteiger partial charge >= 0.3 is 0 Å². The molecule has 0 unspecified atom stereocenters. The Balaban J connectivity index is 1.60. The summed E-state index contributed by atoms with van der Waals surface area (Å²) in [6.07, 6.45) is 1.19. The van der Waals surface area contributed by atoms with Crippen molar-refractivity contribution in [2.45, 2.75) is 24.8 Å². The van der Waals surface area contributed by atoms with Gasteiger partial charge in [0.25, 0.3) is 0 Å². The molecule has 0 bridgehead atoms. The largest absolute Gasteiger partial charge is 0.368 e. The number of hydrogen-bond acceptors (Lipinski definition) is 2. The van der Waals surface area contributed by atoms with Crippen molar-refractivity contribution in [2.75, 3.05) is 0 Å². The third-order valence-corrected chi connectivity index (χ3v) is 4.62. The summed E-state index contributed by atoms with van der Waals surface area (Å²) in [4.78, 5) is 24.1. The van der Waals surface area contributed by atoms with E-state index in [0.29, 0.717) is 11.4 Å². The third kappa shape index (κ3) is 3.95. The molecule has 0 spiro atoms. The highest BCUT2D eigenvalue weighted by Crippen LogP contribution is 2.47. The minimum absolute atomic E-state index is 0.108. The molecule has 4 nitrogen and oxygen atoms in total. The van der Waals surface area contributed by atoms with Gasteiger partial charge in [-0.15, -0.1) is 0 Å². The molecule has 124 valence electrons. The molecular weight excluding hydrogens is 324 g/mol. The van der Waals surface area contributed by atoms with Crippen LogP contribution in [0.25, 0.3) is 0 Å². The first-order chi connectivity index (χ1) is 11.5. The van der Waals surface area contributed by atoms with Crippen molar-refractivity contribution in [1.82, 2.24) is 5.32 Å². The van der Waals surface area contributed by atoms with Gasteiger partial charge in [-0.05, 0) is 35.6 Å². The topological polar surface area (TPSA) is 72.2 Å². The van der Waals surface area contributed by atoms with Crippen LogP contribution in [0, 0.1) is 5.92 Å². The van der Waals surface area contributed by atoms with Gasteiger partial charge in [-0.25, -0.2) is 0 Å². The molecule has 3 rings (SSSR count). The van der Waals surface area contributed by atoms with Crippen LogP contribution in [0.1, 0.15) is 23.5 Å². The van der Waals surface area contributed by atoms with Crippen LogP contribution in [-0.2, 0) is 16.0 Å². The number of carbonyl (C=O) groups is 2. The summed E-state index contributed by atoms with van der Waals surface area (Å²) in [6.45, 7) is 0. The van der Waals surface area contributed by atoms with Gasteiger partial charge in [-0.2, -0.15) is 0 Å². The van der Waals surface area contributed by atoms with Gasteiger partial charge in [0.15, 0.2) is 0 Å². The number of primary amides is 1. The third-order valence-electron chi connectivity index (χ3n) is 4.37. The molecule has 2 aromatic carbocycles.